The Morgan fingerprint density at radius 2 is 2.07 bits per heavy atom. The first-order chi connectivity index (χ1) is 6.68. The minimum absolute atomic E-state index is 0.634. The van der Waals surface area contributed by atoms with Gasteiger partial charge in [0.1, 0.15) is 0 Å². The third-order valence-corrected chi connectivity index (χ3v) is 3.51. The number of hydrogen-bond donors (Lipinski definition) is 0. The maximum Gasteiger partial charge on any atom is 0.0635 e. The molecule has 0 spiro atoms. The lowest BCUT2D eigenvalue weighted by Crippen LogP contribution is -2.62. The normalized spacial score (nSPS) is 36.0. The second-order valence-electron chi connectivity index (χ2n) is 4.86. The Kier molecular flexibility index (Phi) is 3.10. The summed E-state index contributed by atoms with van der Waals surface area (Å²) in [5.74, 6) is 0. The second kappa shape index (κ2) is 4.17. The van der Waals surface area contributed by atoms with Crippen molar-refractivity contribution in [3.05, 3.63) is 0 Å². The zero-order valence-electron chi connectivity index (χ0n) is 9.57. The molecule has 2 fully saturated rings. The summed E-state index contributed by atoms with van der Waals surface area (Å²) in [6, 6.07) is 2.00. The van der Waals surface area contributed by atoms with Gasteiger partial charge in [0.05, 0.1) is 13.2 Å². The first-order valence-corrected chi connectivity index (χ1v) is 5.76. The van der Waals surface area contributed by atoms with E-state index < -0.39 is 0 Å². The maximum absolute atomic E-state index is 5.55. The lowest BCUT2D eigenvalue weighted by atomic mass is 10.0. The van der Waals surface area contributed by atoms with Gasteiger partial charge in [0, 0.05) is 37.8 Å². The summed E-state index contributed by atoms with van der Waals surface area (Å²) < 4.78 is 5.55. The van der Waals surface area contributed by atoms with Gasteiger partial charge < -0.3 is 4.74 Å². The fraction of sp³-hybridized carbons (Fsp3) is 1.00. The standard InChI is InChI=1S/C11H22N2O/c1-9(2)12-6-10(3)13-4-5-14-8-11(13)7-12/h9-11H,4-8H2,1-3H3/t10-,11-/m0/s1. The van der Waals surface area contributed by atoms with Gasteiger partial charge in [-0.25, -0.2) is 0 Å². The van der Waals surface area contributed by atoms with E-state index >= 15 is 0 Å². The molecule has 0 unspecified atom stereocenters. The minimum atomic E-state index is 0.634. The molecule has 2 saturated heterocycles. The van der Waals surface area contributed by atoms with Gasteiger partial charge in [-0.3, -0.25) is 9.80 Å². The van der Waals surface area contributed by atoms with Crippen LogP contribution in [0.3, 0.4) is 0 Å². The van der Waals surface area contributed by atoms with Gasteiger partial charge in [-0.2, -0.15) is 0 Å². The fourth-order valence-electron chi connectivity index (χ4n) is 2.62. The number of ether oxygens (including phenoxy) is 1. The van der Waals surface area contributed by atoms with E-state index in [1.807, 2.05) is 0 Å². The van der Waals surface area contributed by atoms with Crippen molar-refractivity contribution in [3.8, 4) is 0 Å². The molecule has 0 N–H and O–H groups in total. The Morgan fingerprint density at radius 3 is 2.79 bits per heavy atom. The highest BCUT2D eigenvalue weighted by Gasteiger charge is 2.34. The van der Waals surface area contributed by atoms with Crippen molar-refractivity contribution in [2.45, 2.75) is 38.9 Å². The molecule has 2 rings (SSSR count). The first-order valence-electron chi connectivity index (χ1n) is 5.76. The lowest BCUT2D eigenvalue weighted by molar-refractivity contribution is -0.0737. The van der Waals surface area contributed by atoms with Crippen molar-refractivity contribution in [3.63, 3.8) is 0 Å². The van der Waals surface area contributed by atoms with Gasteiger partial charge >= 0.3 is 0 Å². The third-order valence-electron chi connectivity index (χ3n) is 3.51. The average molecular weight is 198 g/mol. The SMILES string of the molecule is CC(C)N1C[C@H]2COCCN2[C@@H](C)C1. The zero-order chi connectivity index (χ0) is 10.1. The Morgan fingerprint density at radius 1 is 1.29 bits per heavy atom. The number of hydrogen-bond acceptors (Lipinski definition) is 3. The maximum atomic E-state index is 5.55. The van der Waals surface area contributed by atoms with Crippen molar-refractivity contribution in [2.75, 3.05) is 32.8 Å². The van der Waals surface area contributed by atoms with Gasteiger partial charge in [0.25, 0.3) is 0 Å². The Hall–Kier alpha value is -0.120. The summed E-state index contributed by atoms with van der Waals surface area (Å²) in [6.45, 7) is 12.3. The van der Waals surface area contributed by atoms with Gasteiger partial charge in [0.2, 0.25) is 0 Å². The number of fused-ring (bicyclic) bond motifs is 1. The quantitative estimate of drug-likeness (QED) is 0.620. The lowest BCUT2D eigenvalue weighted by Gasteiger charge is -2.48. The molecule has 2 aliphatic rings. The molecule has 2 atom stereocenters. The van der Waals surface area contributed by atoms with Crippen LogP contribution in [0.5, 0.6) is 0 Å². The fourth-order valence-corrected chi connectivity index (χ4v) is 2.62. The first kappa shape index (κ1) is 10.4. The van der Waals surface area contributed by atoms with Crippen molar-refractivity contribution < 1.29 is 4.74 Å². The summed E-state index contributed by atoms with van der Waals surface area (Å²) in [5, 5.41) is 0. The number of morpholine rings is 1. The van der Waals surface area contributed by atoms with E-state index in [1.54, 1.807) is 0 Å². The molecule has 3 nitrogen and oxygen atoms in total. The van der Waals surface area contributed by atoms with Gasteiger partial charge in [0.15, 0.2) is 0 Å². The van der Waals surface area contributed by atoms with Crippen LogP contribution >= 0.6 is 0 Å². The molecule has 0 aliphatic carbocycles. The molecule has 0 aromatic rings. The highest BCUT2D eigenvalue weighted by atomic mass is 16.5. The summed E-state index contributed by atoms with van der Waals surface area (Å²) in [6.07, 6.45) is 0. The van der Waals surface area contributed by atoms with E-state index in [0.29, 0.717) is 18.1 Å². The largest absolute Gasteiger partial charge is 0.378 e. The van der Waals surface area contributed by atoms with Gasteiger partial charge in [-0.1, -0.05) is 0 Å². The number of piperazine rings is 1. The van der Waals surface area contributed by atoms with Gasteiger partial charge in [-0.15, -0.1) is 0 Å². The summed E-state index contributed by atoms with van der Waals surface area (Å²) in [7, 11) is 0. The van der Waals surface area contributed by atoms with Crippen molar-refractivity contribution in [2.24, 2.45) is 0 Å². The van der Waals surface area contributed by atoms with Crippen LogP contribution in [-0.2, 0) is 4.74 Å². The van der Waals surface area contributed by atoms with Crippen LogP contribution in [0.4, 0.5) is 0 Å². The highest BCUT2D eigenvalue weighted by molar-refractivity contribution is 4.89. The van der Waals surface area contributed by atoms with E-state index in [2.05, 4.69) is 30.6 Å². The van der Waals surface area contributed by atoms with Crippen LogP contribution in [0, 0.1) is 0 Å². The van der Waals surface area contributed by atoms with Crippen molar-refractivity contribution in [1.29, 1.82) is 0 Å². The minimum Gasteiger partial charge on any atom is -0.378 e. The van der Waals surface area contributed by atoms with Crippen molar-refractivity contribution >= 4 is 0 Å². The van der Waals surface area contributed by atoms with Crippen LogP contribution in [0.2, 0.25) is 0 Å². The molecule has 0 aromatic carbocycles. The predicted octanol–water partition coefficient (Wildman–Crippen LogP) is 0.800. The number of rotatable bonds is 1. The number of nitrogens with zero attached hydrogens (tertiary/aromatic N) is 2. The van der Waals surface area contributed by atoms with Crippen LogP contribution < -0.4 is 0 Å². The predicted molar refractivity (Wildman–Crippen MR) is 57.5 cm³/mol. The van der Waals surface area contributed by atoms with E-state index in [4.69, 9.17) is 4.74 Å². The van der Waals surface area contributed by atoms with E-state index in [9.17, 15) is 0 Å². The topological polar surface area (TPSA) is 15.7 Å². The van der Waals surface area contributed by atoms with E-state index in [-0.39, 0.29) is 0 Å². The van der Waals surface area contributed by atoms with Crippen LogP contribution in [0.15, 0.2) is 0 Å². The molecular formula is C11H22N2O. The Balaban J connectivity index is 2.00. The summed E-state index contributed by atoms with van der Waals surface area (Å²) in [4.78, 5) is 5.18. The summed E-state index contributed by atoms with van der Waals surface area (Å²) >= 11 is 0. The smallest absolute Gasteiger partial charge is 0.0635 e. The Bertz CT molecular complexity index is 196. The zero-order valence-corrected chi connectivity index (χ0v) is 9.57. The molecule has 2 heterocycles. The molecular weight excluding hydrogens is 176 g/mol. The highest BCUT2D eigenvalue weighted by Crippen LogP contribution is 2.20. The van der Waals surface area contributed by atoms with Crippen LogP contribution in [-0.4, -0.2) is 60.8 Å². The molecule has 14 heavy (non-hydrogen) atoms. The third kappa shape index (κ3) is 1.95. The van der Waals surface area contributed by atoms with Crippen LogP contribution in [0.25, 0.3) is 0 Å². The second-order valence-corrected chi connectivity index (χ2v) is 4.86. The molecule has 0 radical (unpaired) electrons. The van der Waals surface area contributed by atoms with E-state index in [1.165, 1.54) is 13.1 Å². The molecule has 2 aliphatic heterocycles. The van der Waals surface area contributed by atoms with E-state index in [0.717, 1.165) is 19.8 Å². The Labute approximate surface area is 87.0 Å². The molecule has 3 heteroatoms. The van der Waals surface area contributed by atoms with Crippen LogP contribution in [0.1, 0.15) is 20.8 Å². The average Bonchev–Trinajstić information content (AvgIpc) is 2.17. The van der Waals surface area contributed by atoms with Crippen molar-refractivity contribution in [1.82, 2.24) is 9.80 Å². The molecule has 82 valence electrons. The monoisotopic (exact) mass is 198 g/mol. The summed E-state index contributed by atoms with van der Waals surface area (Å²) in [5.41, 5.74) is 0. The van der Waals surface area contributed by atoms with Gasteiger partial charge in [-0.05, 0) is 20.8 Å². The molecule has 0 saturated carbocycles. The molecule has 0 aromatic heterocycles. The molecule has 0 amide bonds. The molecule has 0 bridgehead atoms.